The fourth-order valence-corrected chi connectivity index (χ4v) is 9.07. The number of aromatic nitrogens is 1. The summed E-state index contributed by atoms with van der Waals surface area (Å²) in [6.45, 7) is 14.8. The Balaban J connectivity index is 1.88. The van der Waals surface area contributed by atoms with Crippen LogP contribution in [0.5, 0.6) is 0 Å². The zero-order chi connectivity index (χ0) is 39.6. The predicted molar refractivity (Wildman–Crippen MR) is 181 cm³/mol. The highest BCUT2D eigenvalue weighted by molar-refractivity contribution is 5.94. The molecule has 4 fully saturated rings. The van der Waals surface area contributed by atoms with Crippen molar-refractivity contribution in [3.05, 3.63) is 30.1 Å². The van der Waals surface area contributed by atoms with Crippen molar-refractivity contribution in [3.63, 3.8) is 0 Å². The molecule has 0 aromatic carbocycles. The number of nitrogens with zero attached hydrogens (tertiary/aromatic N) is 1. The summed E-state index contributed by atoms with van der Waals surface area (Å²) in [6.07, 6.45) is -8.42. The molecule has 2 saturated heterocycles. The molecule has 5 rings (SSSR count). The van der Waals surface area contributed by atoms with Gasteiger partial charge in [-0.15, -0.1) is 0 Å². The second kappa shape index (κ2) is 14.0. The number of Topliss-reactive ketones (excluding diaryl/α,β-unsaturated/α-hetero) is 1. The number of esters is 5. The number of fused-ring (bicyclic) bond motifs is 1. The summed E-state index contributed by atoms with van der Waals surface area (Å²) in [5, 5.41) is 26.0. The van der Waals surface area contributed by atoms with Crippen molar-refractivity contribution < 1.29 is 67.4 Å². The lowest BCUT2D eigenvalue weighted by atomic mass is 9.57. The third kappa shape index (κ3) is 6.52. The first-order valence-electron chi connectivity index (χ1n) is 18.1. The van der Waals surface area contributed by atoms with Crippen LogP contribution in [-0.2, 0) is 52.4 Å². The number of aliphatic hydroxyl groups is 2. The van der Waals surface area contributed by atoms with Crippen LogP contribution in [0.15, 0.2) is 24.5 Å². The number of aliphatic hydroxyl groups excluding tert-OH is 1. The Labute approximate surface area is 308 Å². The lowest BCUT2D eigenvalue weighted by Crippen LogP contribution is -2.74. The summed E-state index contributed by atoms with van der Waals surface area (Å²) in [5.41, 5.74) is -8.24. The van der Waals surface area contributed by atoms with Crippen molar-refractivity contribution in [2.75, 3.05) is 0 Å². The lowest BCUT2D eigenvalue weighted by Gasteiger charge is -2.56. The van der Waals surface area contributed by atoms with Gasteiger partial charge in [0.25, 0.3) is 0 Å². The van der Waals surface area contributed by atoms with Crippen LogP contribution in [0.3, 0.4) is 0 Å². The lowest BCUT2D eigenvalue weighted by molar-refractivity contribution is -0.283. The topological polar surface area (TPSA) is 211 Å². The van der Waals surface area contributed by atoms with E-state index in [4.69, 9.17) is 28.4 Å². The van der Waals surface area contributed by atoms with Gasteiger partial charge in [0.2, 0.25) is 0 Å². The van der Waals surface area contributed by atoms with E-state index in [1.54, 1.807) is 41.5 Å². The number of ether oxygens (including phenoxy) is 6. The molecule has 3 bridgehead atoms. The van der Waals surface area contributed by atoms with E-state index in [0.717, 1.165) is 6.92 Å². The van der Waals surface area contributed by atoms with Gasteiger partial charge in [0.15, 0.2) is 24.1 Å². The highest BCUT2D eigenvalue weighted by Gasteiger charge is 2.81. The predicted octanol–water partition coefficient (Wildman–Crippen LogP) is 2.51. The molecule has 12 atom stereocenters. The van der Waals surface area contributed by atoms with E-state index in [2.05, 4.69) is 4.98 Å². The van der Waals surface area contributed by atoms with Crippen molar-refractivity contribution >= 4 is 35.6 Å². The minimum Gasteiger partial charge on any atom is -0.462 e. The van der Waals surface area contributed by atoms with Gasteiger partial charge < -0.3 is 38.6 Å². The van der Waals surface area contributed by atoms with Gasteiger partial charge in [-0.3, -0.25) is 29.0 Å². The second-order valence-electron chi connectivity index (χ2n) is 16.4. The van der Waals surface area contributed by atoms with Gasteiger partial charge in [0.05, 0.1) is 35.3 Å². The summed E-state index contributed by atoms with van der Waals surface area (Å²) in [6, 6.07) is 2.92. The molecule has 1 aromatic heterocycles. The fourth-order valence-electron chi connectivity index (χ4n) is 9.07. The van der Waals surface area contributed by atoms with E-state index >= 15 is 0 Å². The molecule has 0 amide bonds. The number of rotatable bonds is 8. The SMILES string of the molecule is CC(=O)O[C@@H]1[C@@H]2[C@@H](O)[C@@]3(O)C[C@@]4(O[C@@]2(C[C@@H]1C)C(=O)[C@H]4C)[C@@H](OC(C)=O)C(C)(C)[C@H](OC(=O)c1cccnc1)[C@H](OC(=O)C(C)C)[C@H]3OC(=O)C(C)C. The van der Waals surface area contributed by atoms with E-state index in [9.17, 15) is 39.0 Å². The maximum absolute atomic E-state index is 14.7. The Morgan fingerprint density at radius 2 is 1.49 bits per heavy atom. The van der Waals surface area contributed by atoms with Crippen molar-refractivity contribution in [3.8, 4) is 0 Å². The first-order valence-corrected chi connectivity index (χ1v) is 18.1. The molecule has 0 unspecified atom stereocenters. The second-order valence-corrected chi connectivity index (χ2v) is 16.4. The Morgan fingerprint density at radius 1 is 0.887 bits per heavy atom. The molecule has 15 nitrogen and oxygen atoms in total. The van der Waals surface area contributed by atoms with Crippen LogP contribution in [-0.4, -0.2) is 104 Å². The third-order valence-corrected chi connectivity index (χ3v) is 11.5. The molecular formula is C38H51NO14. The quantitative estimate of drug-likeness (QED) is 0.289. The molecular weight excluding hydrogens is 694 g/mol. The molecule has 15 heteroatoms. The van der Waals surface area contributed by atoms with Gasteiger partial charge in [-0.25, -0.2) is 4.79 Å². The highest BCUT2D eigenvalue weighted by Crippen LogP contribution is 2.65. The average molecular weight is 746 g/mol. The first-order chi connectivity index (χ1) is 24.5. The number of hydrogen-bond acceptors (Lipinski definition) is 15. The van der Waals surface area contributed by atoms with Crippen LogP contribution in [0.1, 0.15) is 92.4 Å². The van der Waals surface area contributed by atoms with Crippen LogP contribution in [0, 0.1) is 35.0 Å². The van der Waals surface area contributed by atoms with Gasteiger partial charge in [0.1, 0.15) is 29.0 Å². The summed E-state index contributed by atoms with van der Waals surface area (Å²) in [4.78, 5) is 85.5. The van der Waals surface area contributed by atoms with Crippen LogP contribution in [0.4, 0.5) is 0 Å². The van der Waals surface area contributed by atoms with Gasteiger partial charge >= 0.3 is 29.8 Å². The fraction of sp³-hybridized carbons (Fsp3) is 0.711. The summed E-state index contributed by atoms with van der Waals surface area (Å²) in [5.74, 6) is -9.47. The molecule has 2 spiro atoms. The molecule has 2 aliphatic heterocycles. The van der Waals surface area contributed by atoms with E-state index in [0.29, 0.717) is 0 Å². The summed E-state index contributed by atoms with van der Waals surface area (Å²) >= 11 is 0. The van der Waals surface area contributed by atoms with E-state index in [-0.39, 0.29) is 12.0 Å². The molecule has 0 radical (unpaired) electrons. The minimum absolute atomic E-state index is 0.0132. The van der Waals surface area contributed by atoms with Gasteiger partial charge in [-0.1, -0.05) is 55.4 Å². The number of pyridine rings is 1. The van der Waals surface area contributed by atoms with Crippen molar-refractivity contribution in [1.29, 1.82) is 0 Å². The number of hydrogen-bond donors (Lipinski definition) is 2. The molecule has 292 valence electrons. The summed E-state index contributed by atoms with van der Waals surface area (Å²) in [7, 11) is 0. The van der Waals surface area contributed by atoms with Crippen LogP contribution in [0.2, 0.25) is 0 Å². The largest absolute Gasteiger partial charge is 0.462 e. The zero-order valence-corrected chi connectivity index (χ0v) is 31.8. The summed E-state index contributed by atoms with van der Waals surface area (Å²) < 4.78 is 37.2. The number of ketones is 1. The zero-order valence-electron chi connectivity index (χ0n) is 31.8. The van der Waals surface area contributed by atoms with Gasteiger partial charge in [-0.05, 0) is 24.5 Å². The molecule has 2 saturated carbocycles. The Kier molecular flexibility index (Phi) is 10.7. The maximum atomic E-state index is 14.7. The Hall–Kier alpha value is -3.95. The Morgan fingerprint density at radius 3 is 2.04 bits per heavy atom. The van der Waals surface area contributed by atoms with E-state index < -0.39 is 130 Å². The molecule has 1 aromatic rings. The van der Waals surface area contributed by atoms with E-state index in [1.807, 2.05) is 0 Å². The van der Waals surface area contributed by atoms with Crippen molar-refractivity contribution in [2.45, 2.75) is 136 Å². The molecule has 53 heavy (non-hydrogen) atoms. The van der Waals surface area contributed by atoms with E-state index in [1.165, 1.54) is 45.3 Å². The monoisotopic (exact) mass is 745 g/mol. The first kappa shape index (κ1) is 40.2. The van der Waals surface area contributed by atoms with Gasteiger partial charge in [0, 0.05) is 38.1 Å². The number of carbonyl (C=O) groups is 6. The van der Waals surface area contributed by atoms with Crippen LogP contribution >= 0.6 is 0 Å². The van der Waals surface area contributed by atoms with Crippen molar-refractivity contribution in [2.24, 2.45) is 35.0 Å². The normalized spacial score (nSPS) is 38.5. The van der Waals surface area contributed by atoms with Crippen molar-refractivity contribution in [1.82, 2.24) is 4.98 Å². The minimum atomic E-state index is -2.69. The third-order valence-electron chi connectivity index (χ3n) is 11.5. The maximum Gasteiger partial charge on any atom is 0.340 e. The molecule has 2 aliphatic carbocycles. The standard InChI is InChI=1S/C38H51NO14/c1-17(2)31(44)50-26-29(51-33(46)23-12-11-13-39-15-23)35(9,10)34(49-22(8)41)38-16-36(47,30(26)52-32(45)18(3)4)28(43)24-25(48-21(7)40)19(5)14-37(24,53-38)27(42)20(38)6/h11-13,15,17-20,24-26,28-30,34,43,47H,14,16H2,1-10H3/t19-,20+,24+,25-,26-,28+,29+,30+,34-,36-,37+,38-/m0/s1. The van der Waals surface area contributed by atoms with Crippen LogP contribution in [0.25, 0.3) is 0 Å². The Bertz CT molecular complexity index is 1640. The molecule has 3 heterocycles. The smallest absolute Gasteiger partial charge is 0.340 e. The highest BCUT2D eigenvalue weighted by atomic mass is 16.6. The molecule has 4 aliphatic rings. The average Bonchev–Trinajstić information content (AvgIpc) is 3.42. The number of carbonyl (C=O) groups excluding carboxylic acids is 6. The van der Waals surface area contributed by atoms with Crippen LogP contribution < -0.4 is 0 Å². The van der Waals surface area contributed by atoms with Gasteiger partial charge in [-0.2, -0.15) is 0 Å². The molecule has 2 N–H and O–H groups in total.